The minimum absolute atomic E-state index is 0.0608. The summed E-state index contributed by atoms with van der Waals surface area (Å²) in [5, 5.41) is 2.81. The summed E-state index contributed by atoms with van der Waals surface area (Å²) in [6.07, 6.45) is -0.717. The summed E-state index contributed by atoms with van der Waals surface area (Å²) in [7, 11) is -4.10. The Kier molecular flexibility index (Phi) is 5.87. The maximum Gasteiger partial charge on any atom is 0.416 e. The maximum atomic E-state index is 12.6. The topological polar surface area (TPSA) is 75.3 Å². The average Bonchev–Trinajstić information content (AvgIpc) is 2.99. The van der Waals surface area contributed by atoms with Gasteiger partial charge in [-0.25, -0.2) is 13.1 Å². The Morgan fingerprint density at radius 2 is 1.88 bits per heavy atom. The van der Waals surface area contributed by atoms with E-state index in [0.717, 1.165) is 43.9 Å². The molecule has 0 unspecified atom stereocenters. The largest absolute Gasteiger partial charge is 0.416 e. The molecule has 9 heteroatoms. The number of nitrogens with one attached hydrogen (secondary N) is 2. The smallest absolute Gasteiger partial charge is 0.353 e. The highest BCUT2D eigenvalue weighted by Crippen LogP contribution is 2.30. The molecule has 0 bridgehead atoms. The molecule has 1 aliphatic rings. The van der Waals surface area contributed by atoms with Gasteiger partial charge in [-0.05, 0) is 31.0 Å². The average molecular weight is 364 g/mol. The van der Waals surface area contributed by atoms with Crippen LogP contribution in [0.25, 0.3) is 0 Å². The van der Waals surface area contributed by atoms with Gasteiger partial charge in [-0.1, -0.05) is 18.9 Å². The van der Waals surface area contributed by atoms with Crippen molar-refractivity contribution in [2.75, 3.05) is 6.54 Å². The van der Waals surface area contributed by atoms with Crippen LogP contribution in [-0.2, 0) is 21.0 Å². The Morgan fingerprint density at radius 1 is 1.21 bits per heavy atom. The third kappa shape index (κ3) is 5.20. The van der Waals surface area contributed by atoms with Crippen LogP contribution >= 0.6 is 0 Å². The monoisotopic (exact) mass is 364 g/mol. The van der Waals surface area contributed by atoms with E-state index in [1.54, 1.807) is 0 Å². The predicted molar refractivity (Wildman–Crippen MR) is 81.6 cm³/mol. The second-order valence-corrected chi connectivity index (χ2v) is 7.49. The van der Waals surface area contributed by atoms with Crippen molar-refractivity contribution in [3.8, 4) is 0 Å². The molecule has 1 aromatic rings. The molecule has 2 N–H and O–H groups in total. The van der Waals surface area contributed by atoms with Gasteiger partial charge in [0.05, 0.1) is 10.5 Å². The molecule has 1 fully saturated rings. The van der Waals surface area contributed by atoms with Crippen LogP contribution in [0.4, 0.5) is 13.2 Å². The molecule has 5 nitrogen and oxygen atoms in total. The van der Waals surface area contributed by atoms with Crippen molar-refractivity contribution in [1.82, 2.24) is 10.0 Å². The molecular formula is C15H19F3N2O3S. The predicted octanol–water partition coefficient (Wildman–Crippen LogP) is 2.43. The highest BCUT2D eigenvalue weighted by Gasteiger charge is 2.31. The number of amides is 1. The first-order valence-electron chi connectivity index (χ1n) is 7.65. The van der Waals surface area contributed by atoms with Crippen molar-refractivity contribution in [2.45, 2.75) is 49.2 Å². The van der Waals surface area contributed by atoms with E-state index in [2.05, 4.69) is 10.0 Å². The van der Waals surface area contributed by atoms with Gasteiger partial charge in [-0.3, -0.25) is 4.79 Å². The summed E-state index contributed by atoms with van der Waals surface area (Å²) in [5.74, 6) is -0.270. The Hall–Kier alpha value is -1.61. The van der Waals surface area contributed by atoms with Gasteiger partial charge in [-0.2, -0.15) is 13.2 Å². The lowest BCUT2D eigenvalue weighted by Gasteiger charge is -2.12. The fourth-order valence-corrected chi connectivity index (χ4v) is 3.67. The number of hydrogen-bond donors (Lipinski definition) is 2. The van der Waals surface area contributed by atoms with Gasteiger partial charge in [-0.15, -0.1) is 0 Å². The molecule has 0 aromatic heterocycles. The Labute approximate surface area is 138 Å². The van der Waals surface area contributed by atoms with E-state index in [1.165, 1.54) is 0 Å². The minimum atomic E-state index is -4.62. The number of carbonyl (C=O) groups is 1. The van der Waals surface area contributed by atoms with Crippen molar-refractivity contribution >= 4 is 15.9 Å². The van der Waals surface area contributed by atoms with Gasteiger partial charge in [0.25, 0.3) is 0 Å². The number of benzene rings is 1. The summed E-state index contributed by atoms with van der Waals surface area (Å²) in [5.41, 5.74) is -1.04. The normalized spacial score (nSPS) is 16.3. The Morgan fingerprint density at radius 3 is 2.50 bits per heavy atom. The van der Waals surface area contributed by atoms with Crippen molar-refractivity contribution < 1.29 is 26.4 Å². The molecule has 0 saturated heterocycles. The van der Waals surface area contributed by atoms with Gasteiger partial charge in [0, 0.05) is 19.0 Å². The second-order valence-electron chi connectivity index (χ2n) is 5.72. The molecule has 1 aliphatic carbocycles. The highest BCUT2D eigenvalue weighted by molar-refractivity contribution is 7.89. The lowest BCUT2D eigenvalue weighted by atomic mass is 10.2. The summed E-state index contributed by atoms with van der Waals surface area (Å²) < 4.78 is 64.1. The summed E-state index contributed by atoms with van der Waals surface area (Å²) in [4.78, 5) is 11.2. The molecule has 0 atom stereocenters. The summed E-state index contributed by atoms with van der Waals surface area (Å²) >= 11 is 0. The van der Waals surface area contributed by atoms with Crippen LogP contribution in [0.5, 0.6) is 0 Å². The van der Waals surface area contributed by atoms with E-state index >= 15 is 0 Å². The van der Waals surface area contributed by atoms with Crippen molar-refractivity contribution in [1.29, 1.82) is 0 Å². The number of rotatable bonds is 6. The van der Waals surface area contributed by atoms with Crippen molar-refractivity contribution in [3.05, 3.63) is 29.8 Å². The molecule has 24 heavy (non-hydrogen) atoms. The minimum Gasteiger partial charge on any atom is -0.353 e. The summed E-state index contributed by atoms with van der Waals surface area (Å²) in [6.45, 7) is -0.170. The number of sulfonamides is 1. The lowest BCUT2D eigenvalue weighted by Crippen LogP contribution is -2.35. The second kappa shape index (κ2) is 7.52. The number of hydrogen-bond acceptors (Lipinski definition) is 3. The Bertz CT molecular complexity index is 683. The van der Waals surface area contributed by atoms with Gasteiger partial charge >= 0.3 is 6.18 Å². The van der Waals surface area contributed by atoms with Crippen LogP contribution in [0.15, 0.2) is 29.2 Å². The molecule has 1 amide bonds. The van der Waals surface area contributed by atoms with Gasteiger partial charge in [0.15, 0.2) is 0 Å². The quantitative estimate of drug-likeness (QED) is 0.814. The molecule has 2 rings (SSSR count). The number of carbonyl (C=O) groups excluding carboxylic acids is 1. The highest BCUT2D eigenvalue weighted by atomic mass is 32.2. The van der Waals surface area contributed by atoms with Crippen molar-refractivity contribution in [3.63, 3.8) is 0 Å². The van der Waals surface area contributed by atoms with E-state index in [1.807, 2.05) is 0 Å². The third-order valence-corrected chi connectivity index (χ3v) is 5.29. The maximum absolute atomic E-state index is 12.6. The first kappa shape index (κ1) is 18.7. The molecule has 134 valence electrons. The van der Waals surface area contributed by atoms with Crippen LogP contribution in [-0.4, -0.2) is 26.9 Å². The van der Waals surface area contributed by atoms with E-state index in [0.29, 0.717) is 6.07 Å². The molecule has 1 aromatic carbocycles. The van der Waals surface area contributed by atoms with Crippen LogP contribution in [0.2, 0.25) is 0 Å². The van der Waals surface area contributed by atoms with Crippen LogP contribution in [0.3, 0.4) is 0 Å². The third-order valence-electron chi connectivity index (χ3n) is 3.84. The van der Waals surface area contributed by atoms with Gasteiger partial charge in [0.2, 0.25) is 15.9 Å². The summed E-state index contributed by atoms with van der Waals surface area (Å²) in [6, 6.07) is 3.62. The fourth-order valence-electron chi connectivity index (χ4n) is 2.59. The van der Waals surface area contributed by atoms with E-state index in [9.17, 15) is 26.4 Å². The van der Waals surface area contributed by atoms with E-state index < -0.39 is 26.7 Å². The van der Waals surface area contributed by atoms with Crippen LogP contribution < -0.4 is 10.0 Å². The number of alkyl halides is 3. The van der Waals surface area contributed by atoms with Crippen LogP contribution in [0.1, 0.15) is 37.7 Å². The standard InChI is InChI=1S/C15H19F3N2O3S/c16-15(17,18)11-4-3-7-13(10-11)24(22,23)19-9-8-14(21)20-12-5-1-2-6-12/h3-4,7,10,12,19H,1-2,5-6,8-9H2,(H,20,21). The zero-order valence-corrected chi connectivity index (χ0v) is 13.7. The lowest BCUT2D eigenvalue weighted by molar-refractivity contribution is -0.137. The van der Waals surface area contributed by atoms with E-state index in [-0.39, 0.29) is 24.9 Å². The molecule has 0 heterocycles. The number of halogens is 3. The SMILES string of the molecule is O=C(CCNS(=O)(=O)c1cccc(C(F)(F)F)c1)NC1CCCC1. The molecule has 0 spiro atoms. The van der Waals surface area contributed by atoms with Crippen molar-refractivity contribution in [2.24, 2.45) is 0 Å². The zero-order chi connectivity index (χ0) is 17.8. The van der Waals surface area contributed by atoms with E-state index in [4.69, 9.17) is 0 Å². The first-order valence-corrected chi connectivity index (χ1v) is 9.13. The molecule has 1 saturated carbocycles. The van der Waals surface area contributed by atoms with Gasteiger partial charge in [0.1, 0.15) is 0 Å². The first-order chi connectivity index (χ1) is 11.2. The molecule has 0 radical (unpaired) electrons. The van der Waals surface area contributed by atoms with Gasteiger partial charge < -0.3 is 5.32 Å². The fraction of sp³-hybridized carbons (Fsp3) is 0.533. The Balaban J connectivity index is 1.90. The molecular weight excluding hydrogens is 345 g/mol. The zero-order valence-electron chi connectivity index (χ0n) is 12.9. The molecule has 0 aliphatic heterocycles. The van der Waals surface area contributed by atoms with Crippen LogP contribution in [0, 0.1) is 0 Å².